The van der Waals surface area contributed by atoms with Crippen LogP contribution < -0.4 is 5.32 Å². The zero-order valence-corrected chi connectivity index (χ0v) is 12.5. The third kappa shape index (κ3) is 5.33. The average molecular weight is 314 g/mol. The van der Waals surface area contributed by atoms with Crippen LogP contribution in [-0.4, -0.2) is 30.4 Å². The lowest BCUT2D eigenvalue weighted by molar-refractivity contribution is -0.137. The van der Waals surface area contributed by atoms with Crippen molar-refractivity contribution in [1.82, 2.24) is 4.90 Å². The molecule has 0 spiro atoms. The van der Waals surface area contributed by atoms with E-state index in [-0.39, 0.29) is 5.91 Å². The Hall–Kier alpha value is -1.56. The van der Waals surface area contributed by atoms with E-state index in [0.717, 1.165) is 44.6 Å². The summed E-state index contributed by atoms with van der Waals surface area (Å²) in [6.45, 7) is 3.32. The number of rotatable bonds is 6. The molecule has 1 aromatic rings. The predicted octanol–water partition coefficient (Wildman–Crippen LogP) is 3.91. The average Bonchev–Trinajstić information content (AvgIpc) is 2.96. The summed E-state index contributed by atoms with van der Waals surface area (Å²) >= 11 is 0. The van der Waals surface area contributed by atoms with Gasteiger partial charge in [0.15, 0.2) is 0 Å². The summed E-state index contributed by atoms with van der Waals surface area (Å²) in [6.07, 6.45) is 0.333. The number of amides is 1. The molecule has 1 N–H and O–H groups in total. The highest BCUT2D eigenvalue weighted by Gasteiger charge is 2.29. The highest BCUT2D eigenvalue weighted by molar-refractivity contribution is 5.90. The van der Waals surface area contributed by atoms with Crippen molar-refractivity contribution in [2.24, 2.45) is 0 Å². The highest BCUT2D eigenvalue weighted by atomic mass is 19.4. The Morgan fingerprint density at radius 3 is 2.32 bits per heavy atom. The topological polar surface area (TPSA) is 32.3 Å². The summed E-state index contributed by atoms with van der Waals surface area (Å²) < 4.78 is 37.3. The van der Waals surface area contributed by atoms with Gasteiger partial charge in [-0.2, -0.15) is 13.2 Å². The van der Waals surface area contributed by atoms with Gasteiger partial charge in [-0.05, 0) is 69.6 Å². The molecule has 1 aromatic carbocycles. The minimum atomic E-state index is -4.35. The maximum Gasteiger partial charge on any atom is 0.416 e. The Bertz CT molecular complexity index is 479. The number of likely N-dealkylation sites (tertiary alicyclic amines) is 1. The van der Waals surface area contributed by atoms with Crippen molar-refractivity contribution in [3.05, 3.63) is 29.8 Å². The monoisotopic (exact) mass is 314 g/mol. The molecule has 1 fully saturated rings. The van der Waals surface area contributed by atoms with Gasteiger partial charge in [-0.15, -0.1) is 0 Å². The Labute approximate surface area is 128 Å². The fourth-order valence-electron chi connectivity index (χ4n) is 2.59. The number of hydrogen-bond donors (Lipinski definition) is 1. The van der Waals surface area contributed by atoms with Gasteiger partial charge in [0.25, 0.3) is 0 Å². The third-order valence-electron chi connectivity index (χ3n) is 3.82. The molecule has 0 aromatic heterocycles. The second-order valence-electron chi connectivity index (χ2n) is 5.63. The Morgan fingerprint density at radius 1 is 1.09 bits per heavy atom. The molecule has 0 atom stereocenters. The fourth-order valence-corrected chi connectivity index (χ4v) is 2.59. The SMILES string of the molecule is O=C(CCCCN1CCCC1)Nc1ccc(C(F)(F)F)cc1. The molecule has 1 aliphatic heterocycles. The molecule has 6 heteroatoms. The zero-order valence-electron chi connectivity index (χ0n) is 12.5. The van der Waals surface area contributed by atoms with Crippen LogP contribution in [0, 0.1) is 0 Å². The highest BCUT2D eigenvalue weighted by Crippen LogP contribution is 2.29. The second kappa shape index (κ2) is 7.63. The van der Waals surface area contributed by atoms with Crippen LogP contribution in [0.5, 0.6) is 0 Å². The van der Waals surface area contributed by atoms with Crippen molar-refractivity contribution in [2.45, 2.75) is 38.3 Å². The van der Waals surface area contributed by atoms with E-state index in [1.807, 2.05) is 0 Å². The quantitative estimate of drug-likeness (QED) is 0.807. The predicted molar refractivity (Wildman–Crippen MR) is 79.6 cm³/mol. The Kier molecular flexibility index (Phi) is 5.83. The molecule has 0 radical (unpaired) electrons. The van der Waals surface area contributed by atoms with E-state index >= 15 is 0 Å². The number of benzene rings is 1. The summed E-state index contributed by atoms with van der Waals surface area (Å²) in [5.41, 5.74) is -0.311. The Morgan fingerprint density at radius 2 is 1.73 bits per heavy atom. The Balaban J connectivity index is 1.68. The van der Waals surface area contributed by atoms with Crippen molar-refractivity contribution in [1.29, 1.82) is 0 Å². The van der Waals surface area contributed by atoms with E-state index in [4.69, 9.17) is 0 Å². The van der Waals surface area contributed by atoms with Gasteiger partial charge < -0.3 is 10.2 Å². The van der Waals surface area contributed by atoms with Gasteiger partial charge in [0.1, 0.15) is 0 Å². The van der Waals surface area contributed by atoms with Crippen LogP contribution in [0.2, 0.25) is 0 Å². The number of hydrogen-bond acceptors (Lipinski definition) is 2. The molecule has 1 saturated heterocycles. The molecule has 3 nitrogen and oxygen atoms in total. The molecular formula is C16H21F3N2O. The van der Waals surface area contributed by atoms with E-state index in [0.29, 0.717) is 12.1 Å². The summed E-state index contributed by atoms with van der Waals surface area (Å²) in [4.78, 5) is 14.1. The molecule has 2 rings (SSSR count). The van der Waals surface area contributed by atoms with Gasteiger partial charge >= 0.3 is 6.18 Å². The molecule has 0 bridgehead atoms. The number of carbonyl (C=O) groups is 1. The van der Waals surface area contributed by atoms with Crippen molar-refractivity contribution < 1.29 is 18.0 Å². The van der Waals surface area contributed by atoms with Crippen molar-refractivity contribution in [3.63, 3.8) is 0 Å². The van der Waals surface area contributed by atoms with E-state index < -0.39 is 11.7 Å². The maximum absolute atomic E-state index is 12.4. The lowest BCUT2D eigenvalue weighted by Gasteiger charge is -2.13. The third-order valence-corrected chi connectivity index (χ3v) is 3.82. The van der Waals surface area contributed by atoms with Gasteiger partial charge in [0.2, 0.25) is 5.91 Å². The maximum atomic E-state index is 12.4. The molecule has 0 aliphatic carbocycles. The molecule has 1 amide bonds. The minimum Gasteiger partial charge on any atom is -0.326 e. The number of nitrogens with one attached hydrogen (secondary N) is 1. The van der Waals surface area contributed by atoms with Gasteiger partial charge in [-0.25, -0.2) is 0 Å². The van der Waals surface area contributed by atoms with Crippen LogP contribution in [0.3, 0.4) is 0 Å². The van der Waals surface area contributed by atoms with Crippen molar-refractivity contribution in [3.8, 4) is 0 Å². The zero-order chi connectivity index (χ0) is 16.0. The number of anilines is 1. The van der Waals surface area contributed by atoms with Crippen LogP contribution in [-0.2, 0) is 11.0 Å². The number of carbonyl (C=O) groups excluding carboxylic acids is 1. The molecule has 1 aliphatic rings. The van der Waals surface area contributed by atoms with Crippen molar-refractivity contribution >= 4 is 11.6 Å². The second-order valence-corrected chi connectivity index (χ2v) is 5.63. The van der Waals surface area contributed by atoms with Crippen LogP contribution in [0.4, 0.5) is 18.9 Å². The first-order valence-electron chi connectivity index (χ1n) is 7.64. The number of halogens is 3. The van der Waals surface area contributed by atoms with Gasteiger partial charge in [0, 0.05) is 12.1 Å². The lowest BCUT2D eigenvalue weighted by Crippen LogP contribution is -2.20. The number of alkyl halides is 3. The van der Waals surface area contributed by atoms with E-state index in [2.05, 4.69) is 10.2 Å². The fraction of sp³-hybridized carbons (Fsp3) is 0.562. The summed E-state index contributed by atoms with van der Waals surface area (Å²) in [5, 5.41) is 2.63. The molecule has 0 saturated carbocycles. The normalized spacial score (nSPS) is 16.0. The van der Waals surface area contributed by atoms with E-state index in [1.165, 1.54) is 25.0 Å². The molecule has 0 unspecified atom stereocenters. The smallest absolute Gasteiger partial charge is 0.326 e. The van der Waals surface area contributed by atoms with Crippen LogP contribution in [0.15, 0.2) is 24.3 Å². The van der Waals surface area contributed by atoms with Crippen LogP contribution in [0.1, 0.15) is 37.7 Å². The molecule has 22 heavy (non-hydrogen) atoms. The van der Waals surface area contributed by atoms with E-state index in [1.54, 1.807) is 0 Å². The van der Waals surface area contributed by atoms with Gasteiger partial charge in [-0.3, -0.25) is 4.79 Å². The number of unbranched alkanes of at least 4 members (excludes halogenated alkanes) is 1. The summed E-state index contributed by atoms with van der Waals surface area (Å²) in [6, 6.07) is 4.52. The number of nitrogens with zero attached hydrogens (tertiary/aromatic N) is 1. The first-order valence-corrected chi connectivity index (χ1v) is 7.64. The minimum absolute atomic E-state index is 0.152. The van der Waals surface area contributed by atoms with Gasteiger partial charge in [-0.1, -0.05) is 0 Å². The molecule has 122 valence electrons. The van der Waals surface area contributed by atoms with Gasteiger partial charge in [0.05, 0.1) is 5.56 Å². The summed E-state index contributed by atoms with van der Waals surface area (Å²) in [7, 11) is 0. The van der Waals surface area contributed by atoms with Crippen LogP contribution in [0.25, 0.3) is 0 Å². The first kappa shape index (κ1) is 16.8. The largest absolute Gasteiger partial charge is 0.416 e. The standard InChI is InChI=1S/C16H21F3N2O/c17-16(18,19)13-6-8-14(9-7-13)20-15(22)5-1-2-10-21-11-3-4-12-21/h6-9H,1-5,10-12H2,(H,20,22). The lowest BCUT2D eigenvalue weighted by atomic mass is 10.2. The van der Waals surface area contributed by atoms with Crippen molar-refractivity contribution in [2.75, 3.05) is 25.0 Å². The van der Waals surface area contributed by atoms with E-state index in [9.17, 15) is 18.0 Å². The summed E-state index contributed by atoms with van der Waals surface area (Å²) in [5.74, 6) is -0.152. The van der Waals surface area contributed by atoms with Crippen LogP contribution >= 0.6 is 0 Å². The molecular weight excluding hydrogens is 293 g/mol. The first-order chi connectivity index (χ1) is 10.4. The molecule has 1 heterocycles.